The Morgan fingerprint density at radius 1 is 0.967 bits per heavy atom. The van der Waals surface area contributed by atoms with E-state index in [1.807, 2.05) is 0 Å². The number of hydrogen-bond donors (Lipinski definition) is 3. The maximum atomic E-state index is 17.7. The summed E-state index contributed by atoms with van der Waals surface area (Å²) >= 11 is 0. The van der Waals surface area contributed by atoms with E-state index in [-0.39, 0.29) is 12.0 Å². The number of alkyl halides is 1. The Bertz CT molecular complexity index is 1860. The quantitative estimate of drug-likeness (QED) is 0.0485. The van der Waals surface area contributed by atoms with Gasteiger partial charge < -0.3 is 44.3 Å². The molecule has 0 aromatic carbocycles. The number of aliphatic hydroxyl groups excluding tert-OH is 2. The highest BCUT2D eigenvalue weighted by Crippen LogP contribution is 2.70. The highest BCUT2D eigenvalue weighted by atomic mass is 19.1. The molecule has 0 saturated heterocycles. The first-order valence-electron chi connectivity index (χ1n) is 18.3. The average molecular weight is 865 g/mol. The van der Waals surface area contributed by atoms with Gasteiger partial charge in [-0.15, -0.1) is 30.3 Å². The number of ketones is 2. The summed E-state index contributed by atoms with van der Waals surface area (Å²) in [6, 6.07) is -1.90. The predicted octanol–water partition coefficient (Wildman–Crippen LogP) is 0.231. The van der Waals surface area contributed by atoms with Gasteiger partial charge in [-0.25, -0.2) is 13.6 Å². The zero-order chi connectivity index (χ0) is 45.0. The average Bonchev–Trinajstić information content (AvgIpc) is 3.36. The van der Waals surface area contributed by atoms with Crippen molar-refractivity contribution in [1.82, 2.24) is 5.32 Å². The number of nitrogens with zero attached hydrogens (tertiary/aromatic N) is 3. The number of esters is 3. The summed E-state index contributed by atoms with van der Waals surface area (Å²) in [5.74, 6) is -10.4. The van der Waals surface area contributed by atoms with Crippen molar-refractivity contribution in [3.8, 4) is 0 Å². The van der Waals surface area contributed by atoms with E-state index >= 15 is 8.78 Å². The number of ether oxygens (including phenoxy) is 3. The van der Waals surface area contributed by atoms with E-state index in [4.69, 9.17) is 14.2 Å². The van der Waals surface area contributed by atoms with Crippen LogP contribution in [-0.4, -0.2) is 123 Å². The second-order valence-electron chi connectivity index (χ2n) is 15.1. The van der Waals surface area contributed by atoms with Gasteiger partial charge in [-0.1, -0.05) is 13.0 Å². The van der Waals surface area contributed by atoms with Crippen LogP contribution in [0.25, 0.3) is 0 Å². The lowest BCUT2D eigenvalue weighted by molar-refractivity contribution is -0.790. The molecule has 4 rings (SSSR count). The number of hydrogen-bond acceptors (Lipinski definition) is 20. The van der Waals surface area contributed by atoms with Gasteiger partial charge in [0.25, 0.3) is 15.3 Å². The van der Waals surface area contributed by atoms with Gasteiger partial charge in [0.05, 0.1) is 19.1 Å². The van der Waals surface area contributed by atoms with Crippen LogP contribution in [0.15, 0.2) is 23.6 Å². The fourth-order valence-electron chi connectivity index (χ4n) is 9.08. The first-order valence-corrected chi connectivity index (χ1v) is 18.3. The first kappa shape index (κ1) is 46.8. The van der Waals surface area contributed by atoms with E-state index in [1.165, 1.54) is 13.8 Å². The van der Waals surface area contributed by atoms with Crippen LogP contribution in [0, 0.1) is 53.0 Å². The lowest BCUT2D eigenvalue weighted by Crippen LogP contribution is -2.70. The van der Waals surface area contributed by atoms with Crippen LogP contribution in [0.3, 0.4) is 0 Å². The zero-order valence-corrected chi connectivity index (χ0v) is 32.2. The summed E-state index contributed by atoms with van der Waals surface area (Å²) in [6.07, 6.45) is -8.11. The lowest BCUT2D eigenvalue weighted by atomic mass is 9.45. The molecule has 4 unspecified atom stereocenters. The third-order valence-electron chi connectivity index (χ3n) is 11.7. The molecule has 24 nitrogen and oxygen atoms in total. The Hall–Kier alpha value is -5.92. The first-order chi connectivity index (χ1) is 27.9. The molecule has 0 bridgehead atoms. The Balaban J connectivity index is 1.61. The van der Waals surface area contributed by atoms with Crippen molar-refractivity contribution in [2.24, 2.45) is 22.7 Å². The largest absolute Gasteiger partial charge is 0.462 e. The van der Waals surface area contributed by atoms with Crippen molar-refractivity contribution in [3.05, 3.63) is 53.9 Å². The summed E-state index contributed by atoms with van der Waals surface area (Å²) < 4.78 is 49.3. The van der Waals surface area contributed by atoms with Gasteiger partial charge in [-0.2, -0.15) is 0 Å². The highest BCUT2D eigenvalue weighted by molar-refractivity contribution is 5.95. The number of carbonyl (C=O) groups excluding carboxylic acids is 6. The number of allylic oxidation sites excluding steroid dienone is 4. The maximum Gasteiger partial charge on any atom is 0.329 e. The van der Waals surface area contributed by atoms with Crippen molar-refractivity contribution in [3.63, 3.8) is 0 Å². The second kappa shape index (κ2) is 18.1. The molecule has 4 aliphatic rings. The van der Waals surface area contributed by atoms with Gasteiger partial charge in [0.2, 0.25) is 17.3 Å². The van der Waals surface area contributed by atoms with E-state index in [9.17, 15) is 69.3 Å². The van der Waals surface area contributed by atoms with Gasteiger partial charge >= 0.3 is 17.9 Å². The maximum absolute atomic E-state index is 17.7. The molecule has 0 aliphatic heterocycles. The van der Waals surface area contributed by atoms with E-state index in [2.05, 4.69) is 19.8 Å². The van der Waals surface area contributed by atoms with Crippen LogP contribution in [0.4, 0.5) is 8.78 Å². The number of amides is 1. The molecule has 4 aliphatic carbocycles. The normalized spacial score (nSPS) is 31.2. The molecule has 3 N–H and O–H groups in total. The molecule has 0 heterocycles. The minimum atomic E-state index is -2.76. The minimum absolute atomic E-state index is 0.178. The standard InChI is InChI=1S/C34H42F2N4O20/c1-17(41)37-24(30(48)56-14-19(60-40(53)54)15-58-39(51)52)12-29(47)55-16-27(45)34(59-28(46)5-4-8-57-38(49)50)25(43)11-20-21-10-23(35)22-9-18(42)6-7-31(22,2)33(21,36)26(44)13-32(20,34)3/h6-7,19-21,24-26,43-44H,4-5,8-16H2,1-3H3,(H,37,41)/t19?,20?,21?,24?,25-,26+,31+,32+,33+,34+/m1/s1. The number of rotatable bonds is 20. The molecule has 1 amide bonds. The molecule has 0 radical (unpaired) electrons. The molecule has 10 atom stereocenters. The van der Waals surface area contributed by atoms with Crippen molar-refractivity contribution >= 4 is 35.4 Å². The Morgan fingerprint density at radius 2 is 1.63 bits per heavy atom. The van der Waals surface area contributed by atoms with Crippen LogP contribution >= 0.6 is 0 Å². The summed E-state index contributed by atoms with van der Waals surface area (Å²) in [7, 11) is 0. The molecule has 26 heteroatoms. The van der Waals surface area contributed by atoms with Gasteiger partial charge in [-0.3, -0.25) is 24.0 Å². The molecular weight excluding hydrogens is 822 g/mol. The number of halogens is 2. The van der Waals surface area contributed by atoms with Gasteiger partial charge in [-0.05, 0) is 43.8 Å². The van der Waals surface area contributed by atoms with Crippen LogP contribution in [0.5, 0.6) is 0 Å². The summed E-state index contributed by atoms with van der Waals surface area (Å²) in [5.41, 5.74) is -9.41. The Kier molecular flexibility index (Phi) is 14.1. The van der Waals surface area contributed by atoms with Crippen LogP contribution in [-0.2, 0) is 57.5 Å². The van der Waals surface area contributed by atoms with Crippen LogP contribution in [0.1, 0.15) is 65.7 Å². The summed E-state index contributed by atoms with van der Waals surface area (Å²) in [5, 5.41) is 53.5. The van der Waals surface area contributed by atoms with Gasteiger partial charge in [0.1, 0.15) is 31.2 Å². The number of Topliss-reactive ketones (excluding diaryl/α,β-unsaturated/α-hetero) is 1. The van der Waals surface area contributed by atoms with Gasteiger partial charge in [0.15, 0.2) is 24.2 Å². The number of carbonyl (C=O) groups is 6. The molecule has 332 valence electrons. The van der Waals surface area contributed by atoms with E-state index in [0.717, 1.165) is 19.1 Å². The van der Waals surface area contributed by atoms with E-state index in [0.29, 0.717) is 0 Å². The summed E-state index contributed by atoms with van der Waals surface area (Å²) in [4.78, 5) is 122. The zero-order valence-electron chi connectivity index (χ0n) is 32.2. The van der Waals surface area contributed by atoms with E-state index < -0.39 is 180 Å². The Morgan fingerprint density at radius 3 is 2.25 bits per heavy atom. The lowest BCUT2D eigenvalue weighted by Gasteiger charge is -2.62. The molecule has 0 aromatic heterocycles. The number of nitrogens with one attached hydrogen (secondary N) is 1. The Labute approximate surface area is 336 Å². The van der Waals surface area contributed by atoms with Gasteiger partial charge in [0, 0.05) is 42.9 Å². The fraction of sp³-hybridized carbons (Fsp3) is 0.706. The van der Waals surface area contributed by atoms with Crippen molar-refractivity contribution in [1.29, 1.82) is 0 Å². The second-order valence-corrected chi connectivity index (χ2v) is 15.1. The van der Waals surface area contributed by atoms with E-state index in [1.54, 1.807) is 0 Å². The third-order valence-corrected chi connectivity index (χ3v) is 11.7. The fourth-order valence-corrected chi connectivity index (χ4v) is 9.08. The van der Waals surface area contributed by atoms with Crippen molar-refractivity contribution in [2.45, 2.75) is 101 Å². The van der Waals surface area contributed by atoms with Crippen molar-refractivity contribution < 1.29 is 91.7 Å². The van der Waals surface area contributed by atoms with Crippen LogP contribution in [0.2, 0.25) is 0 Å². The smallest absolute Gasteiger partial charge is 0.329 e. The molecule has 60 heavy (non-hydrogen) atoms. The molecule has 2 saturated carbocycles. The summed E-state index contributed by atoms with van der Waals surface area (Å²) in [6.45, 7) is -0.538. The molecule has 0 spiro atoms. The topological polar surface area (TPSA) is 340 Å². The molecular formula is C34H42F2N4O20. The molecule has 0 aromatic rings. The third kappa shape index (κ3) is 9.12. The SMILES string of the molecule is CC(=O)NC(CC(=O)OCC(=O)[C@@]1(OC(=O)CCCO[N+](=O)[O-])[C@H](O)CC2C3CC(F)=C4CC(=O)C=C[C@]4(C)[C@@]3(F)[C@@H](O)C[C@@]21C)C(=O)OCC(CO[N+](=O)[O-])O[N+](=O)[O-]. The molecule has 2 fully saturated rings. The monoisotopic (exact) mass is 864 g/mol. The van der Waals surface area contributed by atoms with Crippen LogP contribution < -0.4 is 5.32 Å². The van der Waals surface area contributed by atoms with Crippen molar-refractivity contribution in [2.75, 3.05) is 26.4 Å². The highest BCUT2D eigenvalue weighted by Gasteiger charge is 2.78. The number of fused-ring (bicyclic) bond motifs is 5. The predicted molar refractivity (Wildman–Crippen MR) is 185 cm³/mol. The minimum Gasteiger partial charge on any atom is -0.462 e. The number of aliphatic hydroxyl groups is 2.